The van der Waals surface area contributed by atoms with Crippen molar-refractivity contribution in [2.45, 2.75) is 12.6 Å². The predicted molar refractivity (Wildman–Crippen MR) is 58.9 cm³/mol. The minimum absolute atomic E-state index is 0.448. The first-order valence-electron chi connectivity index (χ1n) is 5.35. The second-order valence-electron chi connectivity index (χ2n) is 3.85. The molecule has 0 aromatic carbocycles. The van der Waals surface area contributed by atoms with Crippen LogP contribution in [0.25, 0.3) is 0 Å². The molecule has 1 aromatic rings. The zero-order valence-electron chi connectivity index (χ0n) is 8.97. The Morgan fingerprint density at radius 3 is 3.19 bits per heavy atom. The highest BCUT2D eigenvalue weighted by molar-refractivity contribution is 5.73. The molecule has 2 heterocycles. The molecule has 0 unspecified atom stereocenters. The lowest BCUT2D eigenvalue weighted by Gasteiger charge is -2.32. The zero-order chi connectivity index (χ0) is 11.4. The molecule has 0 amide bonds. The summed E-state index contributed by atoms with van der Waals surface area (Å²) in [6.07, 6.45) is 1.73. The van der Waals surface area contributed by atoms with Gasteiger partial charge in [0.25, 0.3) is 0 Å². The summed E-state index contributed by atoms with van der Waals surface area (Å²) in [6, 6.07) is 5.24. The number of aromatic nitrogens is 1. The minimum Gasteiger partial charge on any atom is -0.480 e. The Morgan fingerprint density at radius 2 is 2.50 bits per heavy atom. The summed E-state index contributed by atoms with van der Waals surface area (Å²) < 4.78 is 0. The molecule has 1 aliphatic heterocycles. The van der Waals surface area contributed by atoms with E-state index in [2.05, 4.69) is 10.3 Å². The van der Waals surface area contributed by atoms with Crippen molar-refractivity contribution in [3.05, 3.63) is 30.1 Å². The fourth-order valence-corrected chi connectivity index (χ4v) is 1.88. The fraction of sp³-hybridized carbons (Fsp3) is 0.455. The summed E-state index contributed by atoms with van der Waals surface area (Å²) in [5, 5.41) is 12.2. The molecular formula is C11H15N3O2. The average Bonchev–Trinajstić information content (AvgIpc) is 2.31. The normalized spacial score (nSPS) is 21.9. The number of carbonyl (C=O) groups is 1. The molecule has 16 heavy (non-hydrogen) atoms. The van der Waals surface area contributed by atoms with Crippen LogP contribution in [0.3, 0.4) is 0 Å². The maximum absolute atomic E-state index is 11.1. The van der Waals surface area contributed by atoms with Gasteiger partial charge in [-0.1, -0.05) is 6.07 Å². The highest BCUT2D eigenvalue weighted by atomic mass is 16.4. The van der Waals surface area contributed by atoms with Crippen LogP contribution in [-0.2, 0) is 11.3 Å². The number of carboxylic acid groups (broad SMARTS) is 1. The summed E-state index contributed by atoms with van der Waals surface area (Å²) in [4.78, 5) is 17.2. The van der Waals surface area contributed by atoms with E-state index < -0.39 is 12.0 Å². The lowest BCUT2D eigenvalue weighted by Crippen LogP contribution is -2.54. The Kier molecular flexibility index (Phi) is 3.48. The van der Waals surface area contributed by atoms with Crippen molar-refractivity contribution in [2.75, 3.05) is 19.6 Å². The lowest BCUT2D eigenvalue weighted by molar-refractivity contribution is -0.144. The van der Waals surface area contributed by atoms with Gasteiger partial charge in [0, 0.05) is 32.4 Å². The third-order valence-corrected chi connectivity index (χ3v) is 2.73. The summed E-state index contributed by atoms with van der Waals surface area (Å²) in [5.74, 6) is -0.775. The van der Waals surface area contributed by atoms with E-state index in [1.165, 1.54) is 0 Å². The topological polar surface area (TPSA) is 65.5 Å². The van der Waals surface area contributed by atoms with Crippen LogP contribution in [0.2, 0.25) is 0 Å². The van der Waals surface area contributed by atoms with Gasteiger partial charge in [-0.15, -0.1) is 0 Å². The number of nitrogens with one attached hydrogen (secondary N) is 1. The first-order chi connectivity index (χ1) is 7.77. The number of hydrogen-bond donors (Lipinski definition) is 2. The van der Waals surface area contributed by atoms with Crippen molar-refractivity contribution < 1.29 is 9.90 Å². The second kappa shape index (κ2) is 5.05. The molecule has 1 saturated heterocycles. The van der Waals surface area contributed by atoms with E-state index in [1.54, 1.807) is 6.20 Å². The van der Waals surface area contributed by atoms with Gasteiger partial charge in [-0.3, -0.25) is 14.7 Å². The van der Waals surface area contributed by atoms with Crippen molar-refractivity contribution in [2.24, 2.45) is 0 Å². The van der Waals surface area contributed by atoms with Gasteiger partial charge in [-0.2, -0.15) is 0 Å². The van der Waals surface area contributed by atoms with Crippen LogP contribution in [0.15, 0.2) is 24.4 Å². The number of hydrogen-bond acceptors (Lipinski definition) is 4. The minimum atomic E-state index is -0.775. The summed E-state index contributed by atoms with van der Waals surface area (Å²) in [7, 11) is 0. The lowest BCUT2D eigenvalue weighted by atomic mass is 10.2. The van der Waals surface area contributed by atoms with Gasteiger partial charge in [0.15, 0.2) is 0 Å². The molecule has 1 aromatic heterocycles. The highest BCUT2D eigenvalue weighted by Crippen LogP contribution is 2.08. The van der Waals surface area contributed by atoms with Gasteiger partial charge in [0.1, 0.15) is 6.04 Å². The van der Waals surface area contributed by atoms with Gasteiger partial charge >= 0.3 is 5.97 Å². The van der Waals surface area contributed by atoms with Crippen LogP contribution in [0.1, 0.15) is 5.69 Å². The smallest absolute Gasteiger partial charge is 0.322 e. The van der Waals surface area contributed by atoms with Crippen molar-refractivity contribution in [1.29, 1.82) is 0 Å². The fourth-order valence-electron chi connectivity index (χ4n) is 1.88. The van der Waals surface area contributed by atoms with Crippen LogP contribution in [-0.4, -0.2) is 46.6 Å². The Labute approximate surface area is 94.1 Å². The molecule has 1 aliphatic rings. The Bertz CT molecular complexity index is 356. The average molecular weight is 221 g/mol. The van der Waals surface area contributed by atoms with Gasteiger partial charge in [-0.05, 0) is 12.1 Å². The molecule has 0 bridgehead atoms. The number of rotatable bonds is 3. The van der Waals surface area contributed by atoms with Gasteiger partial charge in [0.05, 0.1) is 5.69 Å². The molecule has 86 valence electrons. The standard InChI is InChI=1S/C11H15N3O2/c15-11(16)10-7-12-5-6-14(10)8-9-3-1-2-4-13-9/h1-4,10,12H,5-8H2,(H,15,16)/t10-/m0/s1. The van der Waals surface area contributed by atoms with Crippen molar-refractivity contribution in [3.63, 3.8) is 0 Å². The number of pyridine rings is 1. The van der Waals surface area contributed by atoms with Crippen LogP contribution in [0.5, 0.6) is 0 Å². The summed E-state index contributed by atoms with van der Waals surface area (Å²) in [6.45, 7) is 2.67. The third kappa shape index (κ3) is 2.56. The molecule has 5 nitrogen and oxygen atoms in total. The van der Waals surface area contributed by atoms with E-state index in [0.29, 0.717) is 13.1 Å². The van der Waals surface area contributed by atoms with Crippen molar-refractivity contribution in [3.8, 4) is 0 Å². The van der Waals surface area contributed by atoms with Gasteiger partial charge in [0.2, 0.25) is 0 Å². The third-order valence-electron chi connectivity index (χ3n) is 2.73. The Hall–Kier alpha value is -1.46. The largest absolute Gasteiger partial charge is 0.480 e. The van der Waals surface area contributed by atoms with Crippen molar-refractivity contribution in [1.82, 2.24) is 15.2 Å². The van der Waals surface area contributed by atoms with Crippen LogP contribution in [0, 0.1) is 0 Å². The maximum Gasteiger partial charge on any atom is 0.322 e. The van der Waals surface area contributed by atoms with E-state index >= 15 is 0 Å². The van der Waals surface area contributed by atoms with Gasteiger partial charge < -0.3 is 10.4 Å². The van der Waals surface area contributed by atoms with E-state index in [4.69, 9.17) is 5.11 Å². The number of nitrogens with zero attached hydrogens (tertiary/aromatic N) is 2. The number of aliphatic carboxylic acids is 1. The molecule has 1 atom stereocenters. The molecule has 1 fully saturated rings. The van der Waals surface area contributed by atoms with E-state index in [0.717, 1.165) is 18.8 Å². The number of carboxylic acids is 1. The quantitative estimate of drug-likeness (QED) is 0.748. The van der Waals surface area contributed by atoms with E-state index in [1.807, 2.05) is 23.1 Å². The van der Waals surface area contributed by atoms with E-state index in [9.17, 15) is 4.79 Å². The SMILES string of the molecule is O=C(O)[C@@H]1CNCCN1Cc1ccccn1. The molecule has 5 heteroatoms. The highest BCUT2D eigenvalue weighted by Gasteiger charge is 2.28. The molecule has 2 rings (SSSR count). The van der Waals surface area contributed by atoms with Crippen LogP contribution < -0.4 is 5.32 Å². The maximum atomic E-state index is 11.1. The monoisotopic (exact) mass is 221 g/mol. The van der Waals surface area contributed by atoms with Crippen LogP contribution >= 0.6 is 0 Å². The molecule has 2 N–H and O–H groups in total. The van der Waals surface area contributed by atoms with Gasteiger partial charge in [-0.25, -0.2) is 0 Å². The van der Waals surface area contributed by atoms with E-state index in [-0.39, 0.29) is 0 Å². The molecule has 0 radical (unpaired) electrons. The summed E-state index contributed by atoms with van der Waals surface area (Å²) >= 11 is 0. The molecular weight excluding hydrogens is 206 g/mol. The van der Waals surface area contributed by atoms with Crippen LogP contribution in [0.4, 0.5) is 0 Å². The van der Waals surface area contributed by atoms with Crippen molar-refractivity contribution >= 4 is 5.97 Å². The first-order valence-corrected chi connectivity index (χ1v) is 5.35. The molecule has 0 saturated carbocycles. The Balaban J connectivity index is 2.04. The second-order valence-corrected chi connectivity index (χ2v) is 3.85. The molecule has 0 spiro atoms. The predicted octanol–water partition coefficient (Wildman–Crippen LogP) is -0.0600. The zero-order valence-corrected chi connectivity index (χ0v) is 8.97. The number of piperazine rings is 1. The summed E-state index contributed by atoms with van der Waals surface area (Å²) in [5.41, 5.74) is 0.913. The Morgan fingerprint density at radius 1 is 1.62 bits per heavy atom. The first kappa shape index (κ1) is 11.0. The molecule has 0 aliphatic carbocycles.